The molecule has 44 heavy (non-hydrogen) atoms. The van der Waals surface area contributed by atoms with Crippen LogP contribution in [0.5, 0.6) is 23.0 Å². The first-order valence-corrected chi connectivity index (χ1v) is 14.6. The largest absolute Gasteiger partial charge is 0.507 e. The zero-order chi connectivity index (χ0) is 30.8. The van der Waals surface area contributed by atoms with Crippen molar-refractivity contribution in [2.75, 3.05) is 13.7 Å². The summed E-state index contributed by atoms with van der Waals surface area (Å²) >= 11 is 0. The molecule has 0 spiro atoms. The van der Waals surface area contributed by atoms with Crippen LogP contribution in [0.1, 0.15) is 56.8 Å². The Kier molecular flexibility index (Phi) is 7.98. The fourth-order valence-electron chi connectivity index (χ4n) is 5.80. The lowest BCUT2D eigenvalue weighted by molar-refractivity contribution is 0.0729. The molecular weight excluding hydrogens is 554 g/mol. The summed E-state index contributed by atoms with van der Waals surface area (Å²) in [5.41, 5.74) is 6.81. The third kappa shape index (κ3) is 5.46. The van der Waals surface area contributed by atoms with Crippen molar-refractivity contribution >= 4 is 5.91 Å². The standard InChI is InChI=1S/C36H35N3O5/c1-5-43-30-19-26(13-16-29(30)44-21-25-9-7-6-8-10-25)34-31-32(28-18-22(2)17-23(3)35(28)40)37-38-33(31)36(41)39(34)20-24-11-14-27(42-4)15-12-24/h6-19,34,40H,5,20-21H2,1-4H3,(H,37,38). The van der Waals surface area contributed by atoms with Gasteiger partial charge >= 0.3 is 0 Å². The van der Waals surface area contributed by atoms with Crippen molar-refractivity contribution in [2.45, 2.75) is 40.0 Å². The average molecular weight is 590 g/mol. The number of carbonyl (C=O) groups is 1. The number of H-pyrrole nitrogens is 1. The number of benzene rings is 4. The van der Waals surface area contributed by atoms with E-state index in [1.54, 1.807) is 7.11 Å². The Balaban J connectivity index is 1.45. The fraction of sp³-hybridized carbons (Fsp3) is 0.222. The molecule has 0 bridgehead atoms. The third-order valence-electron chi connectivity index (χ3n) is 7.90. The average Bonchev–Trinajstić information content (AvgIpc) is 3.58. The van der Waals surface area contributed by atoms with Crippen molar-refractivity contribution < 1.29 is 24.1 Å². The van der Waals surface area contributed by atoms with E-state index in [1.807, 2.05) is 111 Å². The first kappa shape index (κ1) is 28.9. The van der Waals surface area contributed by atoms with Gasteiger partial charge in [-0.25, -0.2) is 0 Å². The number of ether oxygens (including phenoxy) is 3. The van der Waals surface area contributed by atoms with Gasteiger partial charge in [0.2, 0.25) is 0 Å². The lowest BCUT2D eigenvalue weighted by Gasteiger charge is -2.27. The van der Waals surface area contributed by atoms with Gasteiger partial charge in [0.25, 0.3) is 5.91 Å². The van der Waals surface area contributed by atoms with Crippen molar-refractivity contribution in [2.24, 2.45) is 0 Å². The first-order chi connectivity index (χ1) is 21.4. The Labute approximate surface area is 256 Å². The number of phenolic OH excluding ortho intramolecular Hbond substituents is 1. The first-order valence-electron chi connectivity index (χ1n) is 14.6. The second kappa shape index (κ2) is 12.2. The molecule has 224 valence electrons. The summed E-state index contributed by atoms with van der Waals surface area (Å²) in [7, 11) is 1.63. The minimum Gasteiger partial charge on any atom is -0.507 e. The number of aromatic hydroxyl groups is 1. The number of aryl methyl sites for hydroxylation is 2. The van der Waals surface area contributed by atoms with E-state index in [9.17, 15) is 9.90 Å². The van der Waals surface area contributed by atoms with Crippen LogP contribution in [0.3, 0.4) is 0 Å². The summed E-state index contributed by atoms with van der Waals surface area (Å²) in [5, 5.41) is 18.7. The maximum absolute atomic E-state index is 14.0. The molecule has 4 aromatic carbocycles. The van der Waals surface area contributed by atoms with E-state index in [2.05, 4.69) is 10.2 Å². The van der Waals surface area contributed by atoms with Crippen LogP contribution in [0.15, 0.2) is 84.9 Å². The van der Waals surface area contributed by atoms with Gasteiger partial charge in [0.15, 0.2) is 11.5 Å². The van der Waals surface area contributed by atoms with E-state index in [4.69, 9.17) is 14.2 Å². The Morgan fingerprint density at radius 1 is 0.909 bits per heavy atom. The Morgan fingerprint density at radius 2 is 1.68 bits per heavy atom. The van der Waals surface area contributed by atoms with E-state index in [1.165, 1.54) is 0 Å². The molecule has 0 aliphatic carbocycles. The highest BCUT2D eigenvalue weighted by atomic mass is 16.5. The van der Waals surface area contributed by atoms with E-state index in [0.717, 1.165) is 33.6 Å². The molecule has 0 fully saturated rings. The smallest absolute Gasteiger partial charge is 0.273 e. The third-order valence-corrected chi connectivity index (χ3v) is 7.90. The predicted molar refractivity (Wildman–Crippen MR) is 168 cm³/mol. The Bertz CT molecular complexity index is 1800. The molecule has 0 radical (unpaired) electrons. The molecule has 2 heterocycles. The molecule has 1 aromatic heterocycles. The van der Waals surface area contributed by atoms with Crippen LogP contribution in [0.2, 0.25) is 0 Å². The topological polar surface area (TPSA) is 96.9 Å². The highest BCUT2D eigenvalue weighted by Gasteiger charge is 2.43. The van der Waals surface area contributed by atoms with Gasteiger partial charge in [-0.2, -0.15) is 5.10 Å². The Morgan fingerprint density at radius 3 is 2.41 bits per heavy atom. The van der Waals surface area contributed by atoms with Gasteiger partial charge in [0.1, 0.15) is 29.5 Å². The van der Waals surface area contributed by atoms with Gasteiger partial charge in [-0.05, 0) is 78.9 Å². The quantitative estimate of drug-likeness (QED) is 0.180. The summed E-state index contributed by atoms with van der Waals surface area (Å²) in [6.45, 7) is 6.96. The lowest BCUT2D eigenvalue weighted by atomic mass is 9.93. The monoisotopic (exact) mass is 589 g/mol. The van der Waals surface area contributed by atoms with Crippen LogP contribution >= 0.6 is 0 Å². The number of aromatic nitrogens is 2. The second-order valence-corrected chi connectivity index (χ2v) is 10.9. The molecular formula is C36H35N3O5. The molecule has 1 aliphatic heterocycles. The summed E-state index contributed by atoms with van der Waals surface area (Å²) in [6, 6.07) is 26.8. The number of hydrogen-bond acceptors (Lipinski definition) is 6. The number of aromatic amines is 1. The zero-order valence-electron chi connectivity index (χ0n) is 25.3. The van der Waals surface area contributed by atoms with Crippen molar-refractivity contribution in [1.29, 1.82) is 0 Å². The maximum Gasteiger partial charge on any atom is 0.273 e. The number of hydrogen-bond donors (Lipinski definition) is 2. The van der Waals surface area contributed by atoms with Gasteiger partial charge in [-0.15, -0.1) is 0 Å². The fourth-order valence-corrected chi connectivity index (χ4v) is 5.80. The molecule has 1 unspecified atom stereocenters. The number of rotatable bonds is 10. The van der Waals surface area contributed by atoms with Crippen molar-refractivity contribution in [3.05, 3.63) is 124 Å². The van der Waals surface area contributed by atoms with Crippen LogP contribution in [0.25, 0.3) is 11.3 Å². The molecule has 1 amide bonds. The van der Waals surface area contributed by atoms with Crippen molar-refractivity contribution in [3.8, 4) is 34.3 Å². The molecule has 0 saturated carbocycles. The van der Waals surface area contributed by atoms with E-state index in [-0.39, 0.29) is 11.7 Å². The van der Waals surface area contributed by atoms with Crippen LogP contribution in [-0.2, 0) is 13.2 Å². The highest BCUT2D eigenvalue weighted by molar-refractivity contribution is 6.00. The normalized spacial score (nSPS) is 14.0. The van der Waals surface area contributed by atoms with E-state index in [0.29, 0.717) is 53.8 Å². The van der Waals surface area contributed by atoms with Gasteiger partial charge in [0, 0.05) is 17.7 Å². The lowest BCUT2D eigenvalue weighted by Crippen LogP contribution is -2.29. The van der Waals surface area contributed by atoms with Crippen molar-refractivity contribution in [1.82, 2.24) is 15.1 Å². The summed E-state index contributed by atoms with van der Waals surface area (Å²) in [4.78, 5) is 15.8. The number of fused-ring (bicyclic) bond motifs is 1. The van der Waals surface area contributed by atoms with E-state index < -0.39 is 6.04 Å². The number of nitrogens with one attached hydrogen (secondary N) is 1. The molecule has 8 nitrogen and oxygen atoms in total. The minimum atomic E-state index is -0.504. The van der Waals surface area contributed by atoms with Gasteiger partial charge in [0.05, 0.1) is 19.8 Å². The molecule has 5 aromatic rings. The molecule has 0 saturated heterocycles. The number of methoxy groups -OCH3 is 1. The van der Waals surface area contributed by atoms with Crippen LogP contribution < -0.4 is 14.2 Å². The molecule has 6 rings (SSSR count). The zero-order valence-corrected chi connectivity index (χ0v) is 25.3. The number of amides is 1. The SMILES string of the molecule is CCOc1cc(C2c3c(-c4cc(C)cc(C)c4O)n[nH]c3C(=O)N2Cc2ccc(OC)cc2)ccc1OCc1ccccc1. The molecule has 1 aliphatic rings. The summed E-state index contributed by atoms with van der Waals surface area (Å²) in [6.07, 6.45) is 0. The molecule has 8 heteroatoms. The maximum atomic E-state index is 14.0. The predicted octanol–water partition coefficient (Wildman–Crippen LogP) is 7.13. The summed E-state index contributed by atoms with van der Waals surface area (Å²) in [5.74, 6) is 1.92. The summed E-state index contributed by atoms with van der Waals surface area (Å²) < 4.78 is 17.6. The molecule has 1 atom stereocenters. The number of nitrogens with zero attached hydrogens (tertiary/aromatic N) is 2. The minimum absolute atomic E-state index is 0.143. The number of phenols is 1. The second-order valence-electron chi connectivity index (χ2n) is 10.9. The van der Waals surface area contributed by atoms with Crippen LogP contribution in [-0.4, -0.2) is 39.8 Å². The molecule has 2 N–H and O–H groups in total. The Hall–Kier alpha value is -5.24. The van der Waals surface area contributed by atoms with E-state index >= 15 is 0 Å². The number of carbonyl (C=O) groups excluding carboxylic acids is 1. The van der Waals surface area contributed by atoms with Gasteiger partial charge in [-0.1, -0.05) is 54.6 Å². The van der Waals surface area contributed by atoms with Gasteiger partial charge in [-0.3, -0.25) is 9.89 Å². The van der Waals surface area contributed by atoms with Crippen LogP contribution in [0.4, 0.5) is 0 Å². The van der Waals surface area contributed by atoms with Gasteiger partial charge < -0.3 is 24.2 Å². The van der Waals surface area contributed by atoms with Crippen molar-refractivity contribution in [3.63, 3.8) is 0 Å². The highest BCUT2D eigenvalue weighted by Crippen LogP contribution is 2.47. The van der Waals surface area contributed by atoms with Crippen LogP contribution in [0, 0.1) is 13.8 Å².